The molecule has 0 fully saturated rings. The summed E-state index contributed by atoms with van der Waals surface area (Å²) in [5, 5.41) is 16.3. The lowest BCUT2D eigenvalue weighted by Crippen LogP contribution is -2.50. The van der Waals surface area contributed by atoms with Gasteiger partial charge in [-0.1, -0.05) is 44.5 Å². The van der Waals surface area contributed by atoms with E-state index in [2.05, 4.69) is 40.4 Å². The molecule has 10 nitrogen and oxygen atoms in total. The number of nitrogens with one attached hydrogen (secondary N) is 2. The maximum Gasteiger partial charge on any atom is 0.226 e. The van der Waals surface area contributed by atoms with E-state index in [9.17, 15) is 4.79 Å². The molecule has 1 amide bonds. The highest BCUT2D eigenvalue weighted by Crippen LogP contribution is 2.31. The van der Waals surface area contributed by atoms with Crippen molar-refractivity contribution in [3.05, 3.63) is 102 Å². The highest BCUT2D eigenvalue weighted by molar-refractivity contribution is 7.80. The zero-order valence-corrected chi connectivity index (χ0v) is 29.0. The van der Waals surface area contributed by atoms with Crippen LogP contribution in [-0.2, 0) is 24.2 Å². The molecule has 4 rings (SSSR count). The smallest absolute Gasteiger partial charge is 0.226 e. The summed E-state index contributed by atoms with van der Waals surface area (Å²) in [6.07, 6.45) is 5.14. The Labute approximate surface area is 288 Å². The number of carbonyl (C=O) groups excluding carboxylic acids is 1. The van der Waals surface area contributed by atoms with Gasteiger partial charge in [-0.3, -0.25) is 4.79 Å². The Kier molecular flexibility index (Phi) is 13.2. The molecule has 0 bridgehead atoms. The molecule has 48 heavy (non-hydrogen) atoms. The van der Waals surface area contributed by atoms with Crippen molar-refractivity contribution in [3.8, 4) is 23.3 Å². The normalized spacial score (nSPS) is 11.9. The largest absolute Gasteiger partial charge is 0.497 e. The quantitative estimate of drug-likeness (QED) is 0.142. The fourth-order valence-corrected chi connectivity index (χ4v) is 5.67. The number of ether oxygens (including phenoxy) is 3. The molecule has 3 aromatic carbocycles. The zero-order valence-electron chi connectivity index (χ0n) is 28.2. The van der Waals surface area contributed by atoms with Crippen LogP contribution in [0, 0.1) is 17.2 Å². The lowest BCUT2D eigenvalue weighted by Gasteiger charge is -2.33. The maximum absolute atomic E-state index is 13.6. The predicted octanol–water partition coefficient (Wildman–Crippen LogP) is 5.84. The number of imidazole rings is 1. The second kappa shape index (κ2) is 17.7. The summed E-state index contributed by atoms with van der Waals surface area (Å²) in [4.78, 5) is 20.0. The fraction of sp³-hybridized carbons (Fsp3) is 0.351. The minimum Gasteiger partial charge on any atom is -0.497 e. The Balaban J connectivity index is 1.51. The van der Waals surface area contributed by atoms with Crippen LogP contribution in [0.3, 0.4) is 0 Å². The maximum atomic E-state index is 13.6. The zero-order chi connectivity index (χ0) is 34.5. The molecule has 2 unspecified atom stereocenters. The number of hydrogen-bond acceptors (Lipinski definition) is 7. The summed E-state index contributed by atoms with van der Waals surface area (Å²) in [5.74, 6) is 2.20. The minimum absolute atomic E-state index is 0.0923. The van der Waals surface area contributed by atoms with E-state index in [0.29, 0.717) is 48.2 Å². The highest BCUT2D eigenvalue weighted by Gasteiger charge is 2.24. The molecule has 2 atom stereocenters. The summed E-state index contributed by atoms with van der Waals surface area (Å²) in [7, 11) is 4.90. The third kappa shape index (κ3) is 9.72. The SMILES string of the molecule is CCC(C)C(CN(CCc1cccc(OC)c1OC)C(=S)Nc1ccc(OC)cc1)NC(=O)Cc1cncn1Cc1ccc(C#N)cc1. The first kappa shape index (κ1) is 35.8. The van der Waals surface area contributed by atoms with Gasteiger partial charge in [0.15, 0.2) is 16.6 Å². The average molecular weight is 669 g/mol. The number of benzene rings is 3. The van der Waals surface area contributed by atoms with E-state index in [-0.39, 0.29) is 24.3 Å². The summed E-state index contributed by atoms with van der Waals surface area (Å²) in [6, 6.07) is 22.8. The monoisotopic (exact) mass is 668 g/mol. The number of rotatable bonds is 16. The van der Waals surface area contributed by atoms with Gasteiger partial charge in [0.05, 0.1) is 45.7 Å². The molecule has 0 aliphatic heterocycles. The number of aromatic nitrogens is 2. The topological polar surface area (TPSA) is 114 Å². The summed E-state index contributed by atoms with van der Waals surface area (Å²) in [6.45, 7) is 5.89. The molecule has 1 aromatic heterocycles. The number of hydrogen-bond donors (Lipinski definition) is 2. The van der Waals surface area contributed by atoms with Gasteiger partial charge in [0.25, 0.3) is 0 Å². The molecular weight excluding hydrogens is 625 g/mol. The molecule has 252 valence electrons. The first-order chi connectivity index (χ1) is 23.3. The molecule has 0 saturated carbocycles. The number of para-hydroxylation sites is 1. The van der Waals surface area contributed by atoms with Gasteiger partial charge >= 0.3 is 0 Å². The predicted molar refractivity (Wildman–Crippen MR) is 192 cm³/mol. The van der Waals surface area contributed by atoms with Crippen LogP contribution in [0.1, 0.15) is 42.7 Å². The molecule has 0 aliphatic rings. The second-order valence-electron chi connectivity index (χ2n) is 11.6. The number of nitrogens with zero attached hydrogens (tertiary/aromatic N) is 4. The van der Waals surface area contributed by atoms with Crippen LogP contribution in [0.25, 0.3) is 0 Å². The van der Waals surface area contributed by atoms with Crippen molar-refractivity contribution in [1.82, 2.24) is 19.8 Å². The van der Waals surface area contributed by atoms with E-state index in [1.54, 1.807) is 46.0 Å². The van der Waals surface area contributed by atoms with Gasteiger partial charge in [-0.15, -0.1) is 0 Å². The Bertz CT molecular complexity index is 1680. The van der Waals surface area contributed by atoms with Crippen LogP contribution in [0.2, 0.25) is 0 Å². The van der Waals surface area contributed by atoms with E-state index in [0.717, 1.165) is 34.7 Å². The van der Waals surface area contributed by atoms with Gasteiger partial charge in [-0.05, 0) is 78.1 Å². The minimum atomic E-state index is -0.180. The molecule has 0 radical (unpaired) electrons. The lowest BCUT2D eigenvalue weighted by atomic mass is 9.98. The van der Waals surface area contributed by atoms with E-state index in [1.165, 1.54) is 0 Å². The fourth-order valence-electron chi connectivity index (χ4n) is 5.39. The van der Waals surface area contributed by atoms with E-state index >= 15 is 0 Å². The van der Waals surface area contributed by atoms with Crippen molar-refractivity contribution >= 4 is 28.9 Å². The Hall–Kier alpha value is -5.08. The van der Waals surface area contributed by atoms with E-state index in [1.807, 2.05) is 59.2 Å². The van der Waals surface area contributed by atoms with E-state index < -0.39 is 0 Å². The summed E-state index contributed by atoms with van der Waals surface area (Å²) in [5.41, 5.74) is 4.26. The van der Waals surface area contributed by atoms with Crippen LogP contribution in [0.4, 0.5) is 5.69 Å². The molecule has 0 aliphatic carbocycles. The third-order valence-electron chi connectivity index (χ3n) is 8.43. The summed E-state index contributed by atoms with van der Waals surface area (Å²) >= 11 is 5.97. The Morgan fingerprint density at radius 2 is 1.79 bits per heavy atom. The van der Waals surface area contributed by atoms with Crippen molar-refractivity contribution in [2.75, 3.05) is 39.7 Å². The van der Waals surface area contributed by atoms with Crippen LogP contribution in [-0.4, -0.2) is 65.9 Å². The van der Waals surface area contributed by atoms with E-state index in [4.69, 9.17) is 31.7 Å². The Morgan fingerprint density at radius 3 is 2.44 bits per heavy atom. The van der Waals surface area contributed by atoms with Gasteiger partial charge in [0.1, 0.15) is 5.75 Å². The van der Waals surface area contributed by atoms with Crippen molar-refractivity contribution in [1.29, 1.82) is 5.26 Å². The lowest BCUT2D eigenvalue weighted by molar-refractivity contribution is -0.121. The first-order valence-corrected chi connectivity index (χ1v) is 16.4. The highest BCUT2D eigenvalue weighted by atomic mass is 32.1. The second-order valence-corrected chi connectivity index (χ2v) is 12.0. The Morgan fingerprint density at radius 1 is 1.04 bits per heavy atom. The van der Waals surface area contributed by atoms with Crippen molar-refractivity contribution in [3.63, 3.8) is 0 Å². The number of methoxy groups -OCH3 is 3. The standard InChI is InChI=1S/C37H44N6O4S/c1-6-26(2)33(41-35(44)20-31-22-39-25-43(31)23-28-12-10-27(21-38)11-13-28)24-42(37(48)40-30-14-16-32(45-3)17-15-30)19-18-29-8-7-9-34(46-4)36(29)47-5/h7-17,22,25-26,33H,6,18-20,23-24H2,1-5H3,(H,40,48)(H,41,44). The van der Waals surface area contributed by atoms with Crippen LogP contribution in [0.15, 0.2) is 79.3 Å². The van der Waals surface area contributed by atoms with Gasteiger partial charge in [-0.25, -0.2) is 4.98 Å². The number of nitriles is 1. The third-order valence-corrected chi connectivity index (χ3v) is 8.79. The molecule has 2 N–H and O–H groups in total. The van der Waals surface area contributed by atoms with Gasteiger partial charge in [0.2, 0.25) is 5.91 Å². The van der Waals surface area contributed by atoms with Crippen molar-refractivity contribution < 1.29 is 19.0 Å². The molecule has 1 heterocycles. The van der Waals surface area contributed by atoms with Crippen LogP contribution < -0.4 is 24.8 Å². The first-order valence-electron chi connectivity index (χ1n) is 16.0. The molecule has 4 aromatic rings. The van der Waals surface area contributed by atoms with Crippen molar-refractivity contribution in [2.24, 2.45) is 5.92 Å². The molecule has 0 saturated heterocycles. The number of amides is 1. The molecular formula is C37H44N6O4S. The number of carbonyl (C=O) groups is 1. The van der Waals surface area contributed by atoms with Crippen molar-refractivity contribution in [2.45, 2.75) is 45.7 Å². The van der Waals surface area contributed by atoms with Crippen LogP contribution in [0.5, 0.6) is 17.2 Å². The number of thiocarbonyl (C=S) groups is 1. The van der Waals surface area contributed by atoms with Gasteiger partial charge < -0.3 is 34.3 Å². The number of anilines is 1. The van der Waals surface area contributed by atoms with Gasteiger partial charge in [-0.2, -0.15) is 5.26 Å². The average Bonchev–Trinajstić information content (AvgIpc) is 3.54. The molecule has 11 heteroatoms. The van der Waals surface area contributed by atoms with Gasteiger partial charge in [0, 0.05) is 43.3 Å². The molecule has 0 spiro atoms. The summed E-state index contributed by atoms with van der Waals surface area (Å²) < 4.78 is 18.5. The van der Waals surface area contributed by atoms with Crippen LogP contribution >= 0.6 is 12.2 Å².